The first kappa shape index (κ1) is 20.2. The van der Waals surface area contributed by atoms with Gasteiger partial charge in [-0.2, -0.15) is 4.99 Å². The number of hydrogen-bond acceptors (Lipinski definition) is 8. The first-order valence-electron chi connectivity index (χ1n) is 8.44. The number of ether oxygens (including phenoxy) is 2. The van der Waals surface area contributed by atoms with Crippen molar-refractivity contribution in [3.8, 4) is 5.88 Å². The molecule has 3 aromatic rings. The van der Waals surface area contributed by atoms with Gasteiger partial charge in [-0.25, -0.2) is 0 Å². The number of nitro benzene ring substituents is 1. The zero-order chi connectivity index (χ0) is 21.1. The number of rotatable bonds is 6. The summed E-state index contributed by atoms with van der Waals surface area (Å²) in [4.78, 5) is 39.6. The number of methoxy groups -OCH3 is 1. The number of carbonyl (C=O) groups is 2. The Morgan fingerprint density at radius 1 is 1.38 bits per heavy atom. The van der Waals surface area contributed by atoms with Crippen LogP contribution in [0.2, 0.25) is 0 Å². The molecule has 3 rings (SSSR count). The second kappa shape index (κ2) is 8.22. The molecule has 12 heteroatoms. The van der Waals surface area contributed by atoms with Crippen molar-refractivity contribution in [3.63, 3.8) is 0 Å². The third-order valence-corrected chi connectivity index (χ3v) is 4.93. The fraction of sp³-hybridized carbons (Fsp3) is 0.294. The summed E-state index contributed by atoms with van der Waals surface area (Å²) in [5.41, 5.74) is 0.577. The van der Waals surface area contributed by atoms with Gasteiger partial charge < -0.3 is 14.0 Å². The number of thiazole rings is 1. The maximum absolute atomic E-state index is 12.7. The number of amides is 1. The van der Waals surface area contributed by atoms with E-state index in [9.17, 15) is 19.7 Å². The first-order valence-corrected chi connectivity index (χ1v) is 9.25. The van der Waals surface area contributed by atoms with Crippen molar-refractivity contribution < 1.29 is 24.0 Å². The number of carbonyl (C=O) groups excluding carboxylic acids is 2. The van der Waals surface area contributed by atoms with Gasteiger partial charge in [-0.15, -0.1) is 5.10 Å². The lowest BCUT2D eigenvalue weighted by atomic mass is 10.3. The first-order chi connectivity index (χ1) is 13.8. The summed E-state index contributed by atoms with van der Waals surface area (Å²) in [6.45, 7) is 1.69. The summed E-state index contributed by atoms with van der Waals surface area (Å²) in [7, 11) is 3.03. The smallest absolute Gasteiger partial charge is 0.326 e. The Kier molecular flexibility index (Phi) is 5.73. The fourth-order valence-electron chi connectivity index (χ4n) is 2.66. The van der Waals surface area contributed by atoms with Crippen molar-refractivity contribution in [3.05, 3.63) is 44.9 Å². The van der Waals surface area contributed by atoms with E-state index in [-0.39, 0.29) is 35.1 Å². The van der Waals surface area contributed by atoms with Gasteiger partial charge in [-0.3, -0.25) is 24.4 Å². The second-order valence-corrected chi connectivity index (χ2v) is 6.84. The lowest BCUT2D eigenvalue weighted by Gasteiger charge is -2.05. The predicted octanol–water partition coefficient (Wildman–Crippen LogP) is 1.66. The zero-order valence-electron chi connectivity index (χ0n) is 15.8. The molecule has 0 N–H and O–H groups in total. The molecule has 0 saturated heterocycles. The minimum Gasteiger partial charge on any atom is -0.479 e. The van der Waals surface area contributed by atoms with Crippen LogP contribution in [0.3, 0.4) is 0 Å². The van der Waals surface area contributed by atoms with Crippen LogP contribution in [-0.2, 0) is 23.1 Å². The molecule has 1 aromatic carbocycles. The van der Waals surface area contributed by atoms with E-state index in [4.69, 9.17) is 9.47 Å². The molecular weight excluding hydrogens is 402 g/mol. The van der Waals surface area contributed by atoms with Crippen molar-refractivity contribution in [1.29, 1.82) is 0 Å². The molecule has 2 heterocycles. The molecule has 0 atom stereocenters. The Bertz CT molecular complexity index is 1170. The quantitative estimate of drug-likeness (QED) is 0.337. The van der Waals surface area contributed by atoms with Crippen LogP contribution >= 0.6 is 11.3 Å². The third kappa shape index (κ3) is 4.16. The van der Waals surface area contributed by atoms with E-state index in [1.807, 2.05) is 0 Å². The molecule has 1 amide bonds. The molecule has 0 aliphatic rings. The van der Waals surface area contributed by atoms with Crippen molar-refractivity contribution in [2.75, 3.05) is 13.7 Å². The van der Waals surface area contributed by atoms with Crippen LogP contribution in [0, 0.1) is 10.1 Å². The minimum absolute atomic E-state index is 0.103. The Hall–Kier alpha value is -3.54. The largest absolute Gasteiger partial charge is 0.479 e. The summed E-state index contributed by atoms with van der Waals surface area (Å²) < 4.78 is 13.5. The number of nitro groups is 1. The van der Waals surface area contributed by atoms with Gasteiger partial charge in [0.2, 0.25) is 5.88 Å². The number of hydrogen-bond donors (Lipinski definition) is 0. The van der Waals surface area contributed by atoms with Gasteiger partial charge in [0.1, 0.15) is 12.1 Å². The number of non-ortho nitro benzene ring substituents is 1. The number of aromatic nitrogens is 3. The van der Waals surface area contributed by atoms with E-state index in [0.29, 0.717) is 10.2 Å². The molecule has 0 bridgehead atoms. The molecule has 11 nitrogen and oxygen atoms in total. The summed E-state index contributed by atoms with van der Waals surface area (Å²) in [5, 5.41) is 15.1. The second-order valence-electron chi connectivity index (χ2n) is 5.83. The van der Waals surface area contributed by atoms with E-state index >= 15 is 0 Å². The van der Waals surface area contributed by atoms with Gasteiger partial charge >= 0.3 is 5.97 Å². The van der Waals surface area contributed by atoms with Crippen LogP contribution in [0.4, 0.5) is 5.69 Å². The zero-order valence-corrected chi connectivity index (χ0v) is 16.6. The van der Waals surface area contributed by atoms with Crippen molar-refractivity contribution in [2.45, 2.75) is 13.5 Å². The third-order valence-electron chi connectivity index (χ3n) is 3.89. The normalized spacial score (nSPS) is 11.6. The lowest BCUT2D eigenvalue weighted by molar-refractivity contribution is -0.384. The molecule has 152 valence electrons. The van der Waals surface area contributed by atoms with Crippen LogP contribution in [-0.4, -0.2) is 44.9 Å². The highest BCUT2D eigenvalue weighted by molar-refractivity contribution is 7.16. The molecule has 0 aliphatic carbocycles. The Labute approximate surface area is 168 Å². The Morgan fingerprint density at radius 3 is 2.79 bits per heavy atom. The maximum atomic E-state index is 12.7. The highest BCUT2D eigenvalue weighted by Crippen LogP contribution is 2.24. The molecule has 0 unspecified atom stereocenters. The number of benzene rings is 1. The minimum atomic E-state index is -0.617. The SMILES string of the molecule is CCOC(=O)Cn1c(=NC(=O)c2cn(C)nc2OC)sc2cc([N+](=O)[O-])ccc21. The van der Waals surface area contributed by atoms with Gasteiger partial charge in [-0.1, -0.05) is 11.3 Å². The van der Waals surface area contributed by atoms with Crippen molar-refractivity contribution in [2.24, 2.45) is 12.0 Å². The monoisotopic (exact) mass is 419 g/mol. The molecule has 29 heavy (non-hydrogen) atoms. The average Bonchev–Trinajstić information content (AvgIpc) is 3.21. The number of fused-ring (bicyclic) bond motifs is 1. The van der Waals surface area contributed by atoms with Crippen LogP contribution in [0.5, 0.6) is 5.88 Å². The average molecular weight is 419 g/mol. The van der Waals surface area contributed by atoms with E-state index in [1.165, 1.54) is 40.8 Å². The van der Waals surface area contributed by atoms with Crippen molar-refractivity contribution >= 4 is 39.1 Å². The Balaban J connectivity index is 2.15. The summed E-state index contributed by atoms with van der Waals surface area (Å²) in [6.07, 6.45) is 1.47. The van der Waals surface area contributed by atoms with Gasteiger partial charge in [-0.05, 0) is 13.0 Å². The fourth-order valence-corrected chi connectivity index (χ4v) is 3.72. The molecule has 0 radical (unpaired) electrons. The van der Waals surface area contributed by atoms with E-state index < -0.39 is 16.8 Å². The van der Waals surface area contributed by atoms with Crippen LogP contribution in [0.1, 0.15) is 17.3 Å². The molecule has 0 aliphatic heterocycles. The molecule has 2 aromatic heterocycles. The van der Waals surface area contributed by atoms with E-state index in [0.717, 1.165) is 11.3 Å². The number of esters is 1. The van der Waals surface area contributed by atoms with Crippen molar-refractivity contribution in [1.82, 2.24) is 14.3 Å². The lowest BCUT2D eigenvalue weighted by Crippen LogP contribution is -2.23. The topological polar surface area (TPSA) is 131 Å². The molecular formula is C17H17N5O6S. The van der Waals surface area contributed by atoms with Gasteiger partial charge in [0.25, 0.3) is 11.6 Å². The maximum Gasteiger partial charge on any atom is 0.326 e. The van der Waals surface area contributed by atoms with E-state index in [1.54, 1.807) is 14.0 Å². The standard InChI is InChI=1S/C17H17N5O6S/c1-4-28-14(23)9-21-12-6-5-10(22(25)26)7-13(12)29-17(21)18-15(24)11-8-20(2)19-16(11)27-3/h5-8H,4,9H2,1-3H3. The Morgan fingerprint density at radius 2 is 2.14 bits per heavy atom. The van der Waals surface area contributed by atoms with Crippen LogP contribution in [0.25, 0.3) is 10.2 Å². The van der Waals surface area contributed by atoms with Gasteiger partial charge in [0.05, 0.1) is 28.9 Å². The summed E-state index contributed by atoms with van der Waals surface area (Å²) >= 11 is 1.05. The number of aryl methyl sites for hydroxylation is 1. The number of nitrogens with zero attached hydrogens (tertiary/aromatic N) is 5. The van der Waals surface area contributed by atoms with E-state index in [2.05, 4.69) is 10.1 Å². The molecule has 0 saturated carbocycles. The van der Waals surface area contributed by atoms with Gasteiger partial charge in [0.15, 0.2) is 4.80 Å². The predicted molar refractivity (Wildman–Crippen MR) is 103 cm³/mol. The van der Waals surface area contributed by atoms with Gasteiger partial charge in [0, 0.05) is 25.4 Å². The highest BCUT2D eigenvalue weighted by atomic mass is 32.1. The molecule has 0 fully saturated rings. The molecule has 0 spiro atoms. The van der Waals surface area contributed by atoms with Crippen LogP contribution < -0.4 is 9.54 Å². The summed E-state index contributed by atoms with van der Waals surface area (Å²) in [6, 6.07) is 4.21. The van der Waals surface area contributed by atoms with Crippen LogP contribution in [0.15, 0.2) is 29.4 Å². The highest BCUT2D eigenvalue weighted by Gasteiger charge is 2.19. The summed E-state index contributed by atoms with van der Waals surface area (Å²) in [5.74, 6) is -1.01.